The Bertz CT molecular complexity index is 570. The van der Waals surface area contributed by atoms with Crippen molar-refractivity contribution in [1.29, 1.82) is 0 Å². The fourth-order valence-electron chi connectivity index (χ4n) is 1.60. The quantitative estimate of drug-likeness (QED) is 0.670. The number of hydrogen-bond donors (Lipinski definition) is 1. The molecule has 0 aliphatic heterocycles. The zero-order chi connectivity index (χ0) is 15.6. The Morgan fingerprint density at radius 2 is 2.05 bits per heavy atom. The van der Waals surface area contributed by atoms with Gasteiger partial charge in [-0.05, 0) is 12.8 Å². The zero-order valence-electron chi connectivity index (χ0n) is 10.6. The maximum absolute atomic E-state index is 12.1. The second-order valence-electron chi connectivity index (χ2n) is 4.64. The van der Waals surface area contributed by atoms with E-state index in [0.717, 1.165) is 31.0 Å². The molecule has 0 radical (unpaired) electrons. The topological polar surface area (TPSA) is 81.5 Å². The Labute approximate surface area is 117 Å². The van der Waals surface area contributed by atoms with Crippen molar-refractivity contribution >= 4 is 17.3 Å². The van der Waals surface area contributed by atoms with Gasteiger partial charge >= 0.3 is 6.18 Å². The predicted octanol–water partition coefficient (Wildman–Crippen LogP) is 2.88. The molecule has 114 valence electrons. The van der Waals surface area contributed by atoms with Crippen molar-refractivity contribution in [3.05, 3.63) is 28.3 Å². The van der Waals surface area contributed by atoms with E-state index in [1.165, 1.54) is 0 Å². The van der Waals surface area contributed by atoms with Crippen LogP contribution in [-0.4, -0.2) is 23.6 Å². The number of anilines is 1. The number of nitrogens with one attached hydrogen (secondary N) is 1. The monoisotopic (exact) mass is 304 g/mol. The van der Waals surface area contributed by atoms with E-state index < -0.39 is 23.4 Å². The lowest BCUT2D eigenvalue weighted by atomic mass is 10.2. The van der Waals surface area contributed by atoms with Crippen molar-refractivity contribution in [3.63, 3.8) is 0 Å². The molecule has 1 N–H and O–H groups in total. The van der Waals surface area contributed by atoms with Gasteiger partial charge in [0.15, 0.2) is 6.61 Å². The Hall–Kier alpha value is -2.32. The number of rotatable bonds is 5. The highest BCUT2D eigenvalue weighted by Crippen LogP contribution is 2.32. The van der Waals surface area contributed by atoms with Crippen molar-refractivity contribution in [2.45, 2.75) is 19.0 Å². The second-order valence-corrected chi connectivity index (χ2v) is 4.64. The summed E-state index contributed by atoms with van der Waals surface area (Å²) in [6.45, 7) is -1.57. The van der Waals surface area contributed by atoms with E-state index in [1.54, 1.807) is 0 Å². The van der Waals surface area contributed by atoms with Crippen LogP contribution in [0.2, 0.25) is 0 Å². The van der Waals surface area contributed by atoms with E-state index in [-0.39, 0.29) is 23.3 Å². The molecule has 0 bridgehead atoms. The minimum Gasteiger partial charge on any atom is -0.484 e. The Morgan fingerprint density at radius 1 is 1.38 bits per heavy atom. The summed E-state index contributed by atoms with van der Waals surface area (Å²) in [5, 5.41) is 13.2. The number of nitro groups is 1. The summed E-state index contributed by atoms with van der Waals surface area (Å²) in [6.07, 6.45) is -3.08. The Kier molecular flexibility index (Phi) is 4.01. The number of nitro benzene ring substituents is 1. The minimum atomic E-state index is -4.55. The van der Waals surface area contributed by atoms with Crippen LogP contribution >= 0.6 is 0 Å². The summed E-state index contributed by atoms with van der Waals surface area (Å²) in [5.74, 6) is -0.770. The lowest BCUT2D eigenvalue weighted by molar-refractivity contribution is -0.384. The van der Waals surface area contributed by atoms with Gasteiger partial charge in [-0.1, -0.05) is 0 Å². The van der Waals surface area contributed by atoms with Crippen molar-refractivity contribution in [2.24, 2.45) is 5.92 Å². The molecule has 1 fully saturated rings. The summed E-state index contributed by atoms with van der Waals surface area (Å²) >= 11 is 0. The molecule has 1 aromatic carbocycles. The summed E-state index contributed by atoms with van der Waals surface area (Å²) < 4.78 is 40.8. The van der Waals surface area contributed by atoms with Gasteiger partial charge in [0.05, 0.1) is 16.7 Å². The SMILES string of the molecule is O=C(Nc1cc(OCC(F)(F)F)cc([N+](=O)[O-])c1)C1CC1. The van der Waals surface area contributed by atoms with Crippen LogP contribution in [0.25, 0.3) is 0 Å². The number of non-ortho nitro benzene ring substituents is 1. The average Bonchev–Trinajstić information content (AvgIpc) is 3.19. The van der Waals surface area contributed by atoms with Gasteiger partial charge in [-0.25, -0.2) is 0 Å². The first kappa shape index (κ1) is 15.1. The maximum atomic E-state index is 12.1. The standard InChI is InChI=1S/C12H11F3N2O4/c13-12(14,15)6-21-10-4-8(3-9(5-10)17(19)20)16-11(18)7-1-2-7/h3-5,7H,1-2,6H2,(H,16,18). The first-order valence-corrected chi connectivity index (χ1v) is 6.04. The van der Waals surface area contributed by atoms with Crippen molar-refractivity contribution in [3.8, 4) is 5.75 Å². The van der Waals surface area contributed by atoms with Crippen LogP contribution in [0.4, 0.5) is 24.5 Å². The number of nitrogens with zero attached hydrogens (tertiary/aromatic N) is 1. The largest absolute Gasteiger partial charge is 0.484 e. The number of ether oxygens (including phenoxy) is 1. The molecule has 0 spiro atoms. The summed E-state index contributed by atoms with van der Waals surface area (Å²) in [7, 11) is 0. The van der Waals surface area contributed by atoms with Gasteiger partial charge in [-0.2, -0.15) is 13.2 Å². The van der Waals surface area contributed by atoms with Crippen LogP contribution in [0.15, 0.2) is 18.2 Å². The predicted molar refractivity (Wildman–Crippen MR) is 66.0 cm³/mol. The van der Waals surface area contributed by atoms with Crippen LogP contribution < -0.4 is 10.1 Å². The molecule has 2 rings (SSSR count). The smallest absolute Gasteiger partial charge is 0.422 e. The van der Waals surface area contributed by atoms with Crippen molar-refractivity contribution in [2.75, 3.05) is 11.9 Å². The van der Waals surface area contributed by atoms with E-state index in [1.807, 2.05) is 0 Å². The number of halogens is 3. The Morgan fingerprint density at radius 3 is 2.57 bits per heavy atom. The molecule has 0 unspecified atom stereocenters. The molecule has 9 heteroatoms. The lowest BCUT2D eigenvalue weighted by Gasteiger charge is -2.11. The number of carbonyl (C=O) groups is 1. The fraction of sp³-hybridized carbons (Fsp3) is 0.417. The molecule has 0 aromatic heterocycles. The van der Waals surface area contributed by atoms with Crippen LogP contribution in [0.1, 0.15) is 12.8 Å². The van der Waals surface area contributed by atoms with E-state index in [2.05, 4.69) is 10.1 Å². The number of benzene rings is 1. The highest BCUT2D eigenvalue weighted by atomic mass is 19.4. The minimum absolute atomic E-state index is 0.0401. The second kappa shape index (κ2) is 5.58. The molecule has 21 heavy (non-hydrogen) atoms. The van der Waals surface area contributed by atoms with Gasteiger partial charge in [-0.3, -0.25) is 14.9 Å². The number of carbonyl (C=O) groups excluding carboxylic acids is 1. The molecule has 1 amide bonds. The fourth-order valence-corrected chi connectivity index (χ4v) is 1.60. The summed E-state index contributed by atoms with van der Waals surface area (Å²) in [4.78, 5) is 21.6. The highest BCUT2D eigenvalue weighted by Gasteiger charge is 2.31. The van der Waals surface area contributed by atoms with Gasteiger partial charge in [0, 0.05) is 18.1 Å². The number of alkyl halides is 3. The molecule has 1 aliphatic carbocycles. The van der Waals surface area contributed by atoms with E-state index in [4.69, 9.17) is 0 Å². The van der Waals surface area contributed by atoms with E-state index >= 15 is 0 Å². The average molecular weight is 304 g/mol. The normalized spacial score (nSPS) is 14.6. The van der Waals surface area contributed by atoms with Crippen LogP contribution in [0.5, 0.6) is 5.75 Å². The first-order chi connectivity index (χ1) is 9.74. The molecular formula is C12H11F3N2O4. The molecule has 1 saturated carbocycles. The third-order valence-electron chi connectivity index (χ3n) is 2.72. The summed E-state index contributed by atoms with van der Waals surface area (Å²) in [6, 6.07) is 3.07. The molecule has 0 heterocycles. The third-order valence-corrected chi connectivity index (χ3v) is 2.72. The van der Waals surface area contributed by atoms with Crippen LogP contribution in [-0.2, 0) is 4.79 Å². The summed E-state index contributed by atoms with van der Waals surface area (Å²) in [5.41, 5.74) is -0.418. The molecule has 1 aromatic rings. The van der Waals surface area contributed by atoms with Crippen molar-refractivity contribution < 1.29 is 27.6 Å². The van der Waals surface area contributed by atoms with Crippen molar-refractivity contribution in [1.82, 2.24) is 0 Å². The van der Waals surface area contributed by atoms with E-state index in [9.17, 15) is 28.1 Å². The highest BCUT2D eigenvalue weighted by molar-refractivity contribution is 5.94. The molecule has 0 atom stereocenters. The van der Waals surface area contributed by atoms with Gasteiger partial charge in [0.25, 0.3) is 5.69 Å². The van der Waals surface area contributed by atoms with Gasteiger partial charge < -0.3 is 10.1 Å². The third kappa shape index (κ3) is 4.62. The van der Waals surface area contributed by atoms with Crippen LogP contribution in [0.3, 0.4) is 0 Å². The molecule has 1 aliphatic rings. The zero-order valence-corrected chi connectivity index (χ0v) is 10.6. The lowest BCUT2D eigenvalue weighted by Crippen LogP contribution is -2.19. The van der Waals surface area contributed by atoms with Crippen LogP contribution in [0, 0.1) is 16.0 Å². The van der Waals surface area contributed by atoms with Gasteiger partial charge in [0.2, 0.25) is 5.91 Å². The molecule has 0 saturated heterocycles. The maximum Gasteiger partial charge on any atom is 0.422 e. The molecular weight excluding hydrogens is 293 g/mol. The van der Waals surface area contributed by atoms with Gasteiger partial charge in [0.1, 0.15) is 5.75 Å². The Balaban J connectivity index is 2.16. The van der Waals surface area contributed by atoms with E-state index in [0.29, 0.717) is 0 Å². The molecule has 6 nitrogen and oxygen atoms in total. The first-order valence-electron chi connectivity index (χ1n) is 6.04. The number of amides is 1. The van der Waals surface area contributed by atoms with Gasteiger partial charge in [-0.15, -0.1) is 0 Å². The number of hydrogen-bond acceptors (Lipinski definition) is 4.